The fraction of sp³-hybridized carbons (Fsp3) is 0.500. The van der Waals surface area contributed by atoms with Gasteiger partial charge in [-0.1, -0.05) is 50.2 Å². The Balaban J connectivity index is 1.84. The van der Waals surface area contributed by atoms with Gasteiger partial charge in [-0.05, 0) is 66.5 Å². The summed E-state index contributed by atoms with van der Waals surface area (Å²) in [4.78, 5) is 0. The maximum absolute atomic E-state index is 3.58. The minimum atomic E-state index is 0.491. The minimum Gasteiger partial charge on any atom is -0.313 e. The van der Waals surface area contributed by atoms with E-state index in [9.17, 15) is 0 Å². The smallest absolute Gasteiger partial charge is 0.0346 e. The molecule has 0 radical (unpaired) electrons. The summed E-state index contributed by atoms with van der Waals surface area (Å²) in [6.45, 7) is 4.82. The van der Waals surface area contributed by atoms with Crippen molar-refractivity contribution in [3.63, 3.8) is 0 Å². The molecule has 0 saturated heterocycles. The van der Waals surface area contributed by atoms with E-state index in [1.165, 1.54) is 42.0 Å². The maximum atomic E-state index is 3.58. The van der Waals surface area contributed by atoms with Crippen LogP contribution < -0.4 is 5.32 Å². The van der Waals surface area contributed by atoms with E-state index < -0.39 is 0 Å². The van der Waals surface area contributed by atoms with E-state index in [0.29, 0.717) is 11.5 Å². The van der Waals surface area contributed by atoms with E-state index in [0.717, 1.165) is 5.92 Å². The minimum absolute atomic E-state index is 0.491. The molecule has 0 aliphatic heterocycles. The highest BCUT2D eigenvalue weighted by atomic mass is 14.9. The predicted octanol–water partition coefficient (Wildman–Crippen LogP) is 5.32. The molecule has 21 heavy (non-hydrogen) atoms. The molecule has 1 saturated carbocycles. The van der Waals surface area contributed by atoms with Crippen molar-refractivity contribution in [3.8, 4) is 0 Å². The molecule has 0 aromatic heterocycles. The van der Waals surface area contributed by atoms with Crippen LogP contribution in [0.3, 0.4) is 0 Å². The third kappa shape index (κ3) is 3.13. The molecule has 112 valence electrons. The molecule has 2 aromatic rings. The Morgan fingerprint density at radius 1 is 1.00 bits per heavy atom. The van der Waals surface area contributed by atoms with Gasteiger partial charge in [0.15, 0.2) is 0 Å². The van der Waals surface area contributed by atoms with Crippen LogP contribution in [0.15, 0.2) is 42.5 Å². The van der Waals surface area contributed by atoms with Gasteiger partial charge in [-0.3, -0.25) is 0 Å². The van der Waals surface area contributed by atoms with Crippen molar-refractivity contribution in [1.29, 1.82) is 0 Å². The SMILES string of the molecule is CNC(c1ccc2ccccc2c1)C1CCC(C)(C)CC1. The van der Waals surface area contributed by atoms with Crippen LogP contribution in [0.5, 0.6) is 0 Å². The van der Waals surface area contributed by atoms with Crippen molar-refractivity contribution in [2.75, 3.05) is 7.05 Å². The zero-order valence-electron chi connectivity index (χ0n) is 13.5. The topological polar surface area (TPSA) is 12.0 Å². The molecule has 0 amide bonds. The summed E-state index contributed by atoms with van der Waals surface area (Å²) in [5.74, 6) is 0.768. The lowest BCUT2D eigenvalue weighted by molar-refractivity contribution is 0.164. The van der Waals surface area contributed by atoms with Crippen LogP contribution in [-0.4, -0.2) is 7.05 Å². The van der Waals surface area contributed by atoms with Crippen LogP contribution in [0.4, 0.5) is 0 Å². The molecule has 2 aromatic carbocycles. The van der Waals surface area contributed by atoms with E-state index in [1.54, 1.807) is 0 Å². The standard InChI is InChI=1S/C20H27N/c1-20(2)12-10-16(11-13-20)19(21-3)18-9-8-15-6-4-5-7-17(15)14-18/h4-9,14,16,19,21H,10-13H2,1-3H3. The van der Waals surface area contributed by atoms with Crippen molar-refractivity contribution in [2.45, 2.75) is 45.6 Å². The molecule has 0 heterocycles. The van der Waals surface area contributed by atoms with Crippen molar-refractivity contribution in [3.05, 3.63) is 48.0 Å². The van der Waals surface area contributed by atoms with Gasteiger partial charge in [-0.2, -0.15) is 0 Å². The van der Waals surface area contributed by atoms with Crippen LogP contribution in [0.25, 0.3) is 10.8 Å². The Hall–Kier alpha value is -1.34. The van der Waals surface area contributed by atoms with Gasteiger partial charge in [-0.25, -0.2) is 0 Å². The Morgan fingerprint density at radius 3 is 2.33 bits per heavy atom. The van der Waals surface area contributed by atoms with Crippen LogP contribution in [0.2, 0.25) is 0 Å². The molecule has 1 aliphatic rings. The van der Waals surface area contributed by atoms with Gasteiger partial charge in [0.05, 0.1) is 0 Å². The zero-order chi connectivity index (χ0) is 14.9. The highest BCUT2D eigenvalue weighted by Crippen LogP contribution is 2.42. The van der Waals surface area contributed by atoms with Gasteiger partial charge in [0.2, 0.25) is 0 Å². The molecule has 1 aliphatic carbocycles. The predicted molar refractivity (Wildman–Crippen MR) is 91.5 cm³/mol. The van der Waals surface area contributed by atoms with E-state index in [2.05, 4.69) is 68.7 Å². The van der Waals surface area contributed by atoms with Crippen molar-refractivity contribution in [1.82, 2.24) is 5.32 Å². The highest BCUT2D eigenvalue weighted by molar-refractivity contribution is 5.83. The van der Waals surface area contributed by atoms with Gasteiger partial charge in [0.1, 0.15) is 0 Å². The molecule has 1 fully saturated rings. The van der Waals surface area contributed by atoms with Gasteiger partial charge in [0.25, 0.3) is 0 Å². The van der Waals surface area contributed by atoms with E-state index in [1.807, 2.05) is 0 Å². The molecule has 1 nitrogen and oxygen atoms in total. The molecular formula is C20H27N. The number of hydrogen-bond acceptors (Lipinski definition) is 1. The van der Waals surface area contributed by atoms with Crippen LogP contribution in [0, 0.1) is 11.3 Å². The first kappa shape index (κ1) is 14.6. The molecular weight excluding hydrogens is 254 g/mol. The fourth-order valence-electron chi connectivity index (χ4n) is 3.83. The summed E-state index contributed by atoms with van der Waals surface area (Å²) >= 11 is 0. The van der Waals surface area contributed by atoms with Gasteiger partial charge in [-0.15, -0.1) is 0 Å². The second-order valence-corrected chi connectivity index (χ2v) is 7.37. The number of benzene rings is 2. The lowest BCUT2D eigenvalue weighted by Crippen LogP contribution is -2.31. The summed E-state index contributed by atoms with van der Waals surface area (Å²) in [6, 6.07) is 16.1. The molecule has 3 rings (SSSR count). The largest absolute Gasteiger partial charge is 0.313 e. The van der Waals surface area contributed by atoms with E-state index in [-0.39, 0.29) is 0 Å². The third-order valence-electron chi connectivity index (χ3n) is 5.30. The summed E-state index contributed by atoms with van der Waals surface area (Å²) in [7, 11) is 2.11. The fourth-order valence-corrected chi connectivity index (χ4v) is 3.83. The average Bonchev–Trinajstić information content (AvgIpc) is 2.49. The maximum Gasteiger partial charge on any atom is 0.0346 e. The summed E-state index contributed by atoms with van der Waals surface area (Å²) in [5.41, 5.74) is 1.99. The summed E-state index contributed by atoms with van der Waals surface area (Å²) in [6.07, 6.45) is 5.38. The summed E-state index contributed by atoms with van der Waals surface area (Å²) in [5, 5.41) is 6.27. The Bertz CT molecular complexity index is 604. The van der Waals surface area contributed by atoms with Gasteiger partial charge >= 0.3 is 0 Å². The number of hydrogen-bond donors (Lipinski definition) is 1. The first-order valence-corrected chi connectivity index (χ1v) is 8.25. The number of fused-ring (bicyclic) bond motifs is 1. The third-order valence-corrected chi connectivity index (χ3v) is 5.30. The van der Waals surface area contributed by atoms with Crippen LogP contribution >= 0.6 is 0 Å². The second kappa shape index (κ2) is 5.81. The summed E-state index contributed by atoms with van der Waals surface area (Å²) < 4.78 is 0. The van der Waals surface area contributed by atoms with Gasteiger partial charge in [0, 0.05) is 6.04 Å². The lowest BCUT2D eigenvalue weighted by Gasteiger charge is -2.38. The quantitative estimate of drug-likeness (QED) is 0.803. The zero-order valence-corrected chi connectivity index (χ0v) is 13.5. The first-order chi connectivity index (χ1) is 10.1. The lowest BCUT2D eigenvalue weighted by atomic mass is 9.70. The Morgan fingerprint density at radius 2 is 1.67 bits per heavy atom. The molecule has 1 unspecified atom stereocenters. The van der Waals surface area contributed by atoms with Crippen molar-refractivity contribution >= 4 is 10.8 Å². The highest BCUT2D eigenvalue weighted by Gasteiger charge is 2.31. The van der Waals surface area contributed by atoms with Crippen LogP contribution in [0.1, 0.15) is 51.1 Å². The molecule has 0 bridgehead atoms. The van der Waals surface area contributed by atoms with E-state index >= 15 is 0 Å². The number of nitrogens with one attached hydrogen (secondary N) is 1. The monoisotopic (exact) mass is 281 g/mol. The molecule has 1 N–H and O–H groups in total. The van der Waals surface area contributed by atoms with Crippen molar-refractivity contribution < 1.29 is 0 Å². The van der Waals surface area contributed by atoms with Crippen LogP contribution in [-0.2, 0) is 0 Å². The Labute approximate surface area is 128 Å². The number of rotatable bonds is 3. The Kier molecular flexibility index (Phi) is 4.03. The van der Waals surface area contributed by atoms with E-state index in [4.69, 9.17) is 0 Å². The molecule has 1 heteroatoms. The normalized spacial score (nSPS) is 20.5. The molecule has 1 atom stereocenters. The average molecular weight is 281 g/mol. The first-order valence-electron chi connectivity index (χ1n) is 8.25. The second-order valence-electron chi connectivity index (χ2n) is 7.37. The molecule has 0 spiro atoms. The van der Waals surface area contributed by atoms with Crippen molar-refractivity contribution in [2.24, 2.45) is 11.3 Å². The van der Waals surface area contributed by atoms with Gasteiger partial charge < -0.3 is 5.32 Å².